The Balaban J connectivity index is 3.27. The van der Waals surface area contributed by atoms with Gasteiger partial charge in [0.2, 0.25) is 0 Å². The summed E-state index contributed by atoms with van der Waals surface area (Å²) >= 11 is 0. The fraction of sp³-hybridized carbons (Fsp3) is 0.778. The lowest BCUT2D eigenvalue weighted by atomic mass is 9.85. The Hall–Kier alpha value is -0.253. The molecule has 0 spiro atoms. The molecule has 1 aliphatic rings. The molecule has 0 amide bonds. The normalized spacial score (nSPS) is 23.1. The van der Waals surface area contributed by atoms with Gasteiger partial charge in [-0.15, -0.1) is 6.58 Å². The van der Waals surface area contributed by atoms with Gasteiger partial charge < -0.3 is 14.4 Å². The predicted molar refractivity (Wildman–Crippen MR) is 63.7 cm³/mol. The van der Waals surface area contributed by atoms with E-state index in [4.69, 9.17) is 0 Å². The van der Waals surface area contributed by atoms with Crippen molar-refractivity contribution in [3.05, 3.63) is 12.7 Å². The maximum atomic E-state index is 11.6. The third kappa shape index (κ3) is 2.78. The molecule has 0 aromatic carbocycles. The minimum atomic E-state index is -4.71. The molecule has 0 bridgehead atoms. The summed E-state index contributed by atoms with van der Waals surface area (Å²) in [4.78, 5) is 28.1. The zero-order chi connectivity index (χ0) is 13.3. The van der Waals surface area contributed by atoms with Crippen LogP contribution in [0.15, 0.2) is 12.7 Å². The first-order valence-electron chi connectivity index (χ1n) is 5.42. The Morgan fingerprint density at radius 2 is 1.65 bits per heavy atom. The molecule has 6 nitrogen and oxygen atoms in total. The SMILES string of the molecule is C=CC(C1(S(=O)(=O)O)CCCCC1)[Si](O)(O)O. The van der Waals surface area contributed by atoms with E-state index in [-0.39, 0.29) is 12.8 Å². The smallest absolute Gasteiger partial charge is 0.390 e. The van der Waals surface area contributed by atoms with Crippen molar-refractivity contribution in [2.45, 2.75) is 42.4 Å². The molecule has 1 fully saturated rings. The van der Waals surface area contributed by atoms with E-state index >= 15 is 0 Å². The van der Waals surface area contributed by atoms with Crippen LogP contribution in [-0.2, 0) is 10.1 Å². The van der Waals surface area contributed by atoms with Crippen molar-refractivity contribution >= 4 is 18.9 Å². The third-order valence-corrected chi connectivity index (χ3v) is 6.96. The molecule has 0 saturated heterocycles. The van der Waals surface area contributed by atoms with Crippen molar-refractivity contribution in [3.63, 3.8) is 0 Å². The molecule has 8 heteroatoms. The average Bonchev–Trinajstić information content (AvgIpc) is 2.16. The maximum Gasteiger partial charge on any atom is 0.501 e. The van der Waals surface area contributed by atoms with E-state index in [1.165, 1.54) is 0 Å². The van der Waals surface area contributed by atoms with Gasteiger partial charge in [0.1, 0.15) is 4.75 Å². The molecule has 0 radical (unpaired) electrons. The summed E-state index contributed by atoms with van der Waals surface area (Å²) in [7, 11) is -9.21. The fourth-order valence-electron chi connectivity index (χ4n) is 2.61. The van der Waals surface area contributed by atoms with Gasteiger partial charge in [0.25, 0.3) is 10.1 Å². The van der Waals surface area contributed by atoms with Gasteiger partial charge in [-0.3, -0.25) is 4.55 Å². The van der Waals surface area contributed by atoms with E-state index < -0.39 is 29.2 Å². The largest absolute Gasteiger partial charge is 0.501 e. The Bertz CT molecular complexity index is 379. The minimum absolute atomic E-state index is 0.0962. The summed E-state index contributed by atoms with van der Waals surface area (Å²) in [6, 6.07) is 0. The second-order valence-corrected chi connectivity index (χ2v) is 8.26. The Morgan fingerprint density at radius 3 is 1.94 bits per heavy atom. The molecule has 0 aromatic heterocycles. The van der Waals surface area contributed by atoms with Crippen LogP contribution in [0.5, 0.6) is 0 Å². The monoisotopic (exact) mass is 282 g/mol. The van der Waals surface area contributed by atoms with Gasteiger partial charge in [0, 0.05) is 0 Å². The fourth-order valence-corrected chi connectivity index (χ4v) is 6.06. The average molecular weight is 282 g/mol. The van der Waals surface area contributed by atoms with Gasteiger partial charge in [0.05, 0.1) is 5.54 Å². The molecule has 1 aliphatic carbocycles. The maximum absolute atomic E-state index is 11.6. The van der Waals surface area contributed by atoms with Crippen molar-refractivity contribution in [1.82, 2.24) is 0 Å². The minimum Gasteiger partial charge on any atom is -0.390 e. The van der Waals surface area contributed by atoms with Crippen molar-refractivity contribution in [2.24, 2.45) is 0 Å². The molecule has 0 heterocycles. The topological polar surface area (TPSA) is 115 Å². The number of rotatable bonds is 4. The first-order chi connectivity index (χ1) is 7.65. The lowest BCUT2D eigenvalue weighted by molar-refractivity contribution is 0.194. The van der Waals surface area contributed by atoms with Crippen LogP contribution in [0, 0.1) is 0 Å². The van der Waals surface area contributed by atoms with Crippen LogP contribution in [0.2, 0.25) is 5.54 Å². The van der Waals surface area contributed by atoms with Crippen LogP contribution in [0.3, 0.4) is 0 Å². The molecule has 1 rings (SSSR count). The van der Waals surface area contributed by atoms with E-state index in [1.54, 1.807) is 0 Å². The van der Waals surface area contributed by atoms with Crippen molar-refractivity contribution in [1.29, 1.82) is 0 Å². The summed E-state index contributed by atoms with van der Waals surface area (Å²) < 4.78 is 30.8. The molecule has 0 aromatic rings. The van der Waals surface area contributed by atoms with Crippen LogP contribution in [0.25, 0.3) is 0 Å². The van der Waals surface area contributed by atoms with E-state index in [2.05, 4.69) is 6.58 Å². The van der Waals surface area contributed by atoms with Gasteiger partial charge >= 0.3 is 8.80 Å². The summed E-state index contributed by atoms with van der Waals surface area (Å²) in [6.07, 6.45) is 3.13. The first-order valence-corrected chi connectivity index (χ1v) is 8.78. The highest BCUT2D eigenvalue weighted by Gasteiger charge is 2.58. The van der Waals surface area contributed by atoms with E-state index in [1.807, 2.05) is 0 Å². The third-order valence-electron chi connectivity index (χ3n) is 3.43. The van der Waals surface area contributed by atoms with Gasteiger partial charge in [-0.1, -0.05) is 25.3 Å². The Kier molecular flexibility index (Phi) is 4.17. The van der Waals surface area contributed by atoms with E-state index in [9.17, 15) is 27.4 Å². The van der Waals surface area contributed by atoms with Gasteiger partial charge in [-0.25, -0.2) is 0 Å². The summed E-state index contributed by atoms with van der Waals surface area (Å²) in [5, 5.41) is 0. The van der Waals surface area contributed by atoms with E-state index in [0.29, 0.717) is 12.8 Å². The quantitative estimate of drug-likeness (QED) is 0.329. The number of hydrogen-bond acceptors (Lipinski definition) is 5. The molecule has 17 heavy (non-hydrogen) atoms. The van der Waals surface area contributed by atoms with Crippen molar-refractivity contribution in [3.8, 4) is 0 Å². The van der Waals surface area contributed by atoms with Crippen LogP contribution >= 0.6 is 0 Å². The van der Waals surface area contributed by atoms with Crippen molar-refractivity contribution in [2.75, 3.05) is 0 Å². The summed E-state index contributed by atoms with van der Waals surface area (Å²) in [5.41, 5.74) is -1.41. The van der Waals surface area contributed by atoms with Crippen LogP contribution < -0.4 is 0 Å². The summed E-state index contributed by atoms with van der Waals surface area (Å²) in [5.74, 6) is 0. The highest BCUT2D eigenvalue weighted by molar-refractivity contribution is 7.87. The molecule has 100 valence electrons. The second kappa shape index (κ2) is 4.79. The van der Waals surface area contributed by atoms with Gasteiger partial charge in [-0.2, -0.15) is 8.42 Å². The molecular formula is C9H18O6SSi. The van der Waals surface area contributed by atoms with Crippen molar-refractivity contribution < 1.29 is 27.4 Å². The van der Waals surface area contributed by atoms with Gasteiger partial charge in [0.15, 0.2) is 0 Å². The highest BCUT2D eigenvalue weighted by Crippen LogP contribution is 2.46. The Morgan fingerprint density at radius 1 is 1.18 bits per heavy atom. The standard InChI is InChI=1S/C9H18O6SSi/c1-2-8(17(13,14)15)9(16(10,11)12)6-4-3-5-7-9/h2,8,13-15H,1,3-7H2,(H,10,11,12). The molecule has 1 unspecified atom stereocenters. The predicted octanol–water partition coefficient (Wildman–Crippen LogP) is 0.0491. The first kappa shape index (κ1) is 14.8. The zero-order valence-electron chi connectivity index (χ0n) is 9.41. The second-order valence-electron chi connectivity index (χ2n) is 4.50. The molecular weight excluding hydrogens is 264 g/mol. The number of hydrogen-bond donors (Lipinski definition) is 4. The Labute approximate surface area is 102 Å². The van der Waals surface area contributed by atoms with Crippen LogP contribution in [0.1, 0.15) is 32.1 Å². The summed E-state index contributed by atoms with van der Waals surface area (Å²) in [6.45, 7) is 3.34. The molecule has 0 aliphatic heterocycles. The highest BCUT2D eigenvalue weighted by atomic mass is 32.2. The lowest BCUT2D eigenvalue weighted by Crippen LogP contribution is -2.55. The lowest BCUT2D eigenvalue weighted by Gasteiger charge is -2.40. The zero-order valence-corrected chi connectivity index (χ0v) is 11.2. The number of allylic oxidation sites excluding steroid dienone is 1. The van der Waals surface area contributed by atoms with E-state index in [0.717, 1.165) is 12.5 Å². The van der Waals surface area contributed by atoms with Crippen LogP contribution in [0.4, 0.5) is 0 Å². The molecule has 1 saturated carbocycles. The van der Waals surface area contributed by atoms with Crippen LogP contribution in [-0.4, -0.2) is 40.9 Å². The van der Waals surface area contributed by atoms with Gasteiger partial charge in [-0.05, 0) is 12.8 Å². The molecule has 1 atom stereocenters. The molecule has 4 N–H and O–H groups in total.